The minimum absolute atomic E-state index is 0.00405. The third-order valence-electron chi connectivity index (χ3n) is 1.71. The average Bonchev–Trinajstić information content (AvgIpc) is 1.98. The lowest BCUT2D eigenvalue weighted by Crippen LogP contribution is -2.04. The van der Waals surface area contributed by atoms with E-state index in [4.69, 9.17) is 0 Å². The van der Waals surface area contributed by atoms with Gasteiger partial charge in [-0.05, 0) is 39.8 Å². The first-order valence-corrected chi connectivity index (χ1v) is 4.75. The number of rotatable bonds is 3. The van der Waals surface area contributed by atoms with Crippen LogP contribution in [0.5, 0.6) is 0 Å². The van der Waals surface area contributed by atoms with Crippen LogP contribution in [-0.2, 0) is 4.79 Å². The lowest BCUT2D eigenvalue weighted by atomic mass is 10.3. The molecule has 0 spiro atoms. The normalized spacial score (nSPS) is 11.3. The first-order chi connectivity index (χ1) is 6.97. The van der Waals surface area contributed by atoms with Gasteiger partial charge in [-0.2, -0.15) is 0 Å². The van der Waals surface area contributed by atoms with Crippen molar-refractivity contribution < 1.29 is 4.79 Å². The summed E-state index contributed by atoms with van der Waals surface area (Å²) < 4.78 is 0. The molecule has 0 aliphatic carbocycles. The first kappa shape index (κ1) is 11.4. The van der Waals surface area contributed by atoms with Crippen LogP contribution in [0.15, 0.2) is 17.8 Å². The number of nitrogens with zero attached hydrogens (tertiary/aromatic N) is 2. The molecule has 0 aromatic carbocycles. The van der Waals surface area contributed by atoms with Crippen LogP contribution in [0, 0.1) is 13.8 Å². The maximum atomic E-state index is 10.8. The highest BCUT2D eigenvalue weighted by Gasteiger charge is 1.99. The van der Waals surface area contributed by atoms with Gasteiger partial charge in [0.2, 0.25) is 5.95 Å². The van der Waals surface area contributed by atoms with Gasteiger partial charge >= 0.3 is 0 Å². The van der Waals surface area contributed by atoms with Crippen LogP contribution in [0.4, 0.5) is 5.95 Å². The van der Waals surface area contributed by atoms with Crippen LogP contribution < -0.4 is 5.32 Å². The summed E-state index contributed by atoms with van der Waals surface area (Å²) in [4.78, 5) is 19.2. The number of hydrogen-bond acceptors (Lipinski definition) is 4. The molecule has 4 nitrogen and oxygen atoms in total. The fourth-order valence-electron chi connectivity index (χ4n) is 1.30. The highest BCUT2D eigenvalue weighted by Crippen LogP contribution is 2.06. The van der Waals surface area contributed by atoms with Crippen LogP contribution in [0.3, 0.4) is 0 Å². The van der Waals surface area contributed by atoms with Gasteiger partial charge < -0.3 is 5.32 Å². The van der Waals surface area contributed by atoms with Gasteiger partial charge in [-0.15, -0.1) is 0 Å². The van der Waals surface area contributed by atoms with Crippen molar-refractivity contribution in [1.29, 1.82) is 0 Å². The number of aryl methyl sites for hydroxylation is 2. The zero-order valence-corrected chi connectivity index (χ0v) is 9.46. The lowest BCUT2D eigenvalue weighted by molar-refractivity contribution is -0.112. The minimum Gasteiger partial charge on any atom is -0.328 e. The molecule has 0 radical (unpaired) electrons. The Balaban J connectivity index is 2.85. The molecule has 1 N–H and O–H groups in total. The van der Waals surface area contributed by atoms with Crippen molar-refractivity contribution in [3.63, 3.8) is 0 Å². The fraction of sp³-hybridized carbons (Fsp3) is 0.364. The van der Waals surface area contributed by atoms with E-state index in [0.717, 1.165) is 17.1 Å². The molecule has 1 aromatic heterocycles. The fourth-order valence-corrected chi connectivity index (χ4v) is 1.30. The summed E-state index contributed by atoms with van der Waals surface area (Å²) in [6.07, 6.45) is 1.51. The Labute approximate surface area is 89.4 Å². The van der Waals surface area contributed by atoms with Gasteiger partial charge in [-0.1, -0.05) is 0 Å². The molecule has 0 unspecified atom stereocenters. The van der Waals surface area contributed by atoms with Crippen molar-refractivity contribution in [1.82, 2.24) is 9.97 Å². The summed E-state index contributed by atoms with van der Waals surface area (Å²) in [6.45, 7) is 7.13. The van der Waals surface area contributed by atoms with E-state index < -0.39 is 0 Å². The van der Waals surface area contributed by atoms with Gasteiger partial charge in [0.15, 0.2) is 5.78 Å². The van der Waals surface area contributed by atoms with E-state index in [1.807, 2.05) is 26.8 Å². The van der Waals surface area contributed by atoms with Gasteiger partial charge in [-0.25, -0.2) is 9.97 Å². The van der Waals surface area contributed by atoms with Crippen LogP contribution in [0.2, 0.25) is 0 Å². The monoisotopic (exact) mass is 205 g/mol. The van der Waals surface area contributed by atoms with E-state index in [9.17, 15) is 4.79 Å². The third-order valence-corrected chi connectivity index (χ3v) is 1.71. The Kier molecular flexibility index (Phi) is 3.55. The molecule has 0 fully saturated rings. The zero-order valence-electron chi connectivity index (χ0n) is 9.46. The number of carbonyl (C=O) groups excluding carboxylic acids is 1. The zero-order chi connectivity index (χ0) is 11.4. The Bertz CT molecular complexity index is 390. The van der Waals surface area contributed by atoms with E-state index in [1.54, 1.807) is 0 Å². The Morgan fingerprint density at radius 1 is 1.27 bits per heavy atom. The van der Waals surface area contributed by atoms with Gasteiger partial charge in [0.1, 0.15) is 0 Å². The standard InChI is InChI=1S/C11H15N3O/c1-7-5-8(2)13-11(12-7)14-9(3)6-10(4)15/h5-6H,1-4H3,(H,12,13,14)/b9-6-. The molecule has 1 rings (SSSR count). The van der Waals surface area contributed by atoms with Crippen molar-refractivity contribution in [2.45, 2.75) is 27.7 Å². The molecule has 0 aliphatic rings. The second-order valence-electron chi connectivity index (χ2n) is 3.54. The van der Waals surface area contributed by atoms with Crippen molar-refractivity contribution in [2.75, 3.05) is 5.32 Å². The van der Waals surface area contributed by atoms with Crippen molar-refractivity contribution in [3.05, 3.63) is 29.2 Å². The molecule has 1 heterocycles. The number of carbonyl (C=O) groups is 1. The molecule has 1 aromatic rings. The molecule has 15 heavy (non-hydrogen) atoms. The predicted octanol–water partition coefficient (Wildman–Crippen LogP) is 2.00. The van der Waals surface area contributed by atoms with E-state index in [-0.39, 0.29) is 5.78 Å². The molecule has 4 heteroatoms. The summed E-state index contributed by atoms with van der Waals surface area (Å²) in [6, 6.07) is 1.90. The lowest BCUT2D eigenvalue weighted by Gasteiger charge is -2.05. The summed E-state index contributed by atoms with van der Waals surface area (Å²) >= 11 is 0. The summed E-state index contributed by atoms with van der Waals surface area (Å²) in [7, 11) is 0. The van der Waals surface area contributed by atoms with Gasteiger partial charge in [0.05, 0.1) is 0 Å². The van der Waals surface area contributed by atoms with Crippen molar-refractivity contribution in [3.8, 4) is 0 Å². The minimum atomic E-state index is 0.00405. The number of ketones is 1. The molecule has 0 amide bonds. The SMILES string of the molecule is CC(=O)/C=C(/C)Nc1nc(C)cc(C)n1. The third kappa shape index (κ3) is 3.89. The van der Waals surface area contributed by atoms with Gasteiger partial charge in [-0.3, -0.25) is 4.79 Å². The molecule has 80 valence electrons. The molecule has 0 saturated carbocycles. The predicted molar refractivity (Wildman–Crippen MR) is 59.6 cm³/mol. The second kappa shape index (κ2) is 4.68. The largest absolute Gasteiger partial charge is 0.328 e. The summed E-state index contributed by atoms with van der Waals surface area (Å²) in [5, 5.41) is 2.97. The highest BCUT2D eigenvalue weighted by molar-refractivity contribution is 5.88. The van der Waals surface area contributed by atoms with Gasteiger partial charge in [0.25, 0.3) is 0 Å². The molecule has 0 aliphatic heterocycles. The highest BCUT2D eigenvalue weighted by atomic mass is 16.1. The molecule has 0 bridgehead atoms. The second-order valence-corrected chi connectivity index (χ2v) is 3.54. The Morgan fingerprint density at radius 3 is 2.27 bits per heavy atom. The van der Waals surface area contributed by atoms with Crippen LogP contribution in [0.1, 0.15) is 25.2 Å². The maximum absolute atomic E-state index is 10.8. The number of aromatic nitrogens is 2. The molecular weight excluding hydrogens is 190 g/mol. The Morgan fingerprint density at radius 2 is 1.80 bits per heavy atom. The number of allylic oxidation sites excluding steroid dienone is 2. The number of anilines is 1. The Hall–Kier alpha value is -1.71. The van der Waals surface area contributed by atoms with E-state index in [2.05, 4.69) is 15.3 Å². The van der Waals surface area contributed by atoms with Crippen molar-refractivity contribution in [2.24, 2.45) is 0 Å². The first-order valence-electron chi connectivity index (χ1n) is 4.75. The molecule has 0 saturated heterocycles. The average molecular weight is 205 g/mol. The van der Waals surface area contributed by atoms with E-state index in [1.165, 1.54) is 13.0 Å². The molecular formula is C11H15N3O. The number of nitrogens with one attached hydrogen (secondary N) is 1. The van der Waals surface area contributed by atoms with E-state index in [0.29, 0.717) is 5.95 Å². The topological polar surface area (TPSA) is 54.9 Å². The number of hydrogen-bond donors (Lipinski definition) is 1. The molecule has 0 atom stereocenters. The quantitative estimate of drug-likeness (QED) is 0.767. The van der Waals surface area contributed by atoms with Crippen LogP contribution >= 0.6 is 0 Å². The maximum Gasteiger partial charge on any atom is 0.227 e. The summed E-state index contributed by atoms with van der Waals surface area (Å²) in [5.41, 5.74) is 2.55. The summed E-state index contributed by atoms with van der Waals surface area (Å²) in [5.74, 6) is 0.534. The van der Waals surface area contributed by atoms with Crippen molar-refractivity contribution >= 4 is 11.7 Å². The van der Waals surface area contributed by atoms with Crippen LogP contribution in [0.25, 0.3) is 0 Å². The van der Waals surface area contributed by atoms with Crippen LogP contribution in [-0.4, -0.2) is 15.8 Å². The smallest absolute Gasteiger partial charge is 0.227 e. The van der Waals surface area contributed by atoms with E-state index >= 15 is 0 Å². The van der Waals surface area contributed by atoms with Gasteiger partial charge in [0, 0.05) is 17.1 Å².